The highest BCUT2D eigenvalue weighted by molar-refractivity contribution is 5.79. The van der Waals surface area contributed by atoms with Crippen LogP contribution < -0.4 is 5.32 Å². The molecule has 4 unspecified atom stereocenters. The Hall–Kier alpha value is -0.690. The van der Waals surface area contributed by atoms with E-state index in [1.165, 1.54) is 0 Å². The Morgan fingerprint density at radius 1 is 1.32 bits per heavy atom. The van der Waals surface area contributed by atoms with Gasteiger partial charge in [0.15, 0.2) is 0 Å². The number of likely N-dealkylation sites (N-methyl/N-ethyl adjacent to an activating group) is 1. The molecule has 1 aliphatic carbocycles. The molecule has 0 amide bonds. The Kier molecular flexibility index (Phi) is 4.45. The molecule has 0 aromatic carbocycles. The Morgan fingerprint density at radius 3 is 2.26 bits per heavy atom. The number of carbonyl (C=O) groups is 1. The van der Waals surface area contributed by atoms with Gasteiger partial charge in [-0.25, -0.2) is 0 Å². The standard InChI is InChI=1S/C13H24N2O4/c1-14-13(12(16)17)5-4-9(6-13)15-7-10(18-2)11(8-15)19-3/h9-11,14H,4-8H2,1-3H3,(H,16,17). The van der Waals surface area contributed by atoms with Crippen LogP contribution in [0.5, 0.6) is 0 Å². The number of aliphatic carboxylic acids is 1. The molecule has 0 bridgehead atoms. The molecule has 4 atom stereocenters. The van der Waals surface area contributed by atoms with Crippen LogP contribution in [0.4, 0.5) is 0 Å². The maximum absolute atomic E-state index is 11.4. The Bertz CT molecular complexity index is 327. The number of methoxy groups -OCH3 is 2. The number of carboxylic acid groups (broad SMARTS) is 1. The normalized spacial score (nSPS) is 39.8. The lowest BCUT2D eigenvalue weighted by Gasteiger charge is -2.27. The van der Waals surface area contributed by atoms with Gasteiger partial charge in [0.1, 0.15) is 5.54 Å². The van der Waals surface area contributed by atoms with Crippen LogP contribution >= 0.6 is 0 Å². The maximum Gasteiger partial charge on any atom is 0.323 e. The minimum atomic E-state index is -0.765. The monoisotopic (exact) mass is 272 g/mol. The van der Waals surface area contributed by atoms with E-state index in [1.54, 1.807) is 21.3 Å². The molecule has 2 rings (SSSR count). The molecule has 2 aliphatic rings. The molecule has 2 fully saturated rings. The zero-order valence-electron chi connectivity index (χ0n) is 11.9. The lowest BCUT2D eigenvalue weighted by atomic mass is 9.98. The zero-order valence-corrected chi connectivity index (χ0v) is 11.9. The molecule has 6 heteroatoms. The Balaban J connectivity index is 2.00. The van der Waals surface area contributed by atoms with E-state index in [-0.39, 0.29) is 12.2 Å². The van der Waals surface area contributed by atoms with Crippen molar-refractivity contribution >= 4 is 5.97 Å². The fraction of sp³-hybridized carbons (Fsp3) is 0.923. The predicted octanol–water partition coefficient (Wildman–Crippen LogP) is -0.0727. The van der Waals surface area contributed by atoms with Gasteiger partial charge in [-0.2, -0.15) is 0 Å². The van der Waals surface area contributed by atoms with Crippen LogP contribution in [0.15, 0.2) is 0 Å². The summed E-state index contributed by atoms with van der Waals surface area (Å²) in [6.45, 7) is 1.64. The van der Waals surface area contributed by atoms with Gasteiger partial charge in [-0.15, -0.1) is 0 Å². The number of ether oxygens (including phenoxy) is 2. The van der Waals surface area contributed by atoms with Gasteiger partial charge in [0.25, 0.3) is 0 Å². The van der Waals surface area contributed by atoms with Crippen molar-refractivity contribution in [1.29, 1.82) is 0 Å². The van der Waals surface area contributed by atoms with Gasteiger partial charge in [-0.05, 0) is 26.3 Å². The van der Waals surface area contributed by atoms with Crippen LogP contribution in [-0.2, 0) is 14.3 Å². The minimum Gasteiger partial charge on any atom is -0.480 e. The first-order chi connectivity index (χ1) is 9.06. The molecule has 2 N–H and O–H groups in total. The molecule has 1 aliphatic heterocycles. The van der Waals surface area contributed by atoms with Crippen molar-refractivity contribution in [3.63, 3.8) is 0 Å². The summed E-state index contributed by atoms with van der Waals surface area (Å²) in [4.78, 5) is 13.7. The number of rotatable bonds is 5. The lowest BCUT2D eigenvalue weighted by molar-refractivity contribution is -0.144. The molecule has 0 radical (unpaired) electrons. The number of likely N-dealkylation sites (tertiary alicyclic amines) is 1. The van der Waals surface area contributed by atoms with Crippen molar-refractivity contribution in [2.45, 2.75) is 43.1 Å². The summed E-state index contributed by atoms with van der Waals surface area (Å²) in [5.74, 6) is -0.747. The minimum absolute atomic E-state index is 0.0828. The summed E-state index contributed by atoms with van der Waals surface area (Å²) >= 11 is 0. The summed E-state index contributed by atoms with van der Waals surface area (Å²) in [5, 5.41) is 12.4. The fourth-order valence-electron chi connectivity index (χ4n) is 3.38. The molecule has 19 heavy (non-hydrogen) atoms. The zero-order chi connectivity index (χ0) is 14.0. The first-order valence-electron chi connectivity index (χ1n) is 6.78. The molecule has 0 aromatic rings. The van der Waals surface area contributed by atoms with Gasteiger partial charge in [-0.1, -0.05) is 0 Å². The SMILES string of the molecule is CNC1(C(=O)O)CCC(N2CC(OC)C(OC)C2)C1. The third kappa shape index (κ3) is 2.63. The van der Waals surface area contributed by atoms with Crippen LogP contribution in [0, 0.1) is 0 Å². The van der Waals surface area contributed by atoms with Crippen molar-refractivity contribution in [1.82, 2.24) is 10.2 Å². The predicted molar refractivity (Wildman–Crippen MR) is 70.2 cm³/mol. The van der Waals surface area contributed by atoms with Crippen LogP contribution in [0.2, 0.25) is 0 Å². The van der Waals surface area contributed by atoms with E-state index in [0.717, 1.165) is 19.5 Å². The highest BCUT2D eigenvalue weighted by Gasteiger charge is 2.48. The number of hydrogen-bond acceptors (Lipinski definition) is 5. The van der Waals surface area contributed by atoms with E-state index >= 15 is 0 Å². The van der Waals surface area contributed by atoms with E-state index in [0.29, 0.717) is 18.9 Å². The van der Waals surface area contributed by atoms with Gasteiger partial charge < -0.3 is 19.9 Å². The number of carboxylic acids is 1. The topological polar surface area (TPSA) is 71.0 Å². The van der Waals surface area contributed by atoms with Crippen molar-refractivity contribution in [3.8, 4) is 0 Å². The van der Waals surface area contributed by atoms with Crippen molar-refractivity contribution < 1.29 is 19.4 Å². The van der Waals surface area contributed by atoms with Gasteiger partial charge in [-0.3, -0.25) is 9.69 Å². The summed E-state index contributed by atoms with van der Waals surface area (Å²) in [5.41, 5.74) is -0.765. The molecule has 6 nitrogen and oxygen atoms in total. The number of nitrogens with zero attached hydrogens (tertiary/aromatic N) is 1. The quantitative estimate of drug-likeness (QED) is 0.730. The Morgan fingerprint density at radius 2 is 1.89 bits per heavy atom. The van der Waals surface area contributed by atoms with Gasteiger partial charge in [0, 0.05) is 33.4 Å². The number of hydrogen-bond donors (Lipinski definition) is 2. The van der Waals surface area contributed by atoms with E-state index in [1.807, 2.05) is 0 Å². The van der Waals surface area contributed by atoms with Crippen LogP contribution in [0.3, 0.4) is 0 Å². The van der Waals surface area contributed by atoms with Crippen LogP contribution in [0.25, 0.3) is 0 Å². The molecular formula is C13H24N2O4. The van der Waals surface area contributed by atoms with E-state index < -0.39 is 11.5 Å². The average molecular weight is 272 g/mol. The summed E-state index contributed by atoms with van der Waals surface area (Å²) in [7, 11) is 5.13. The third-order valence-electron chi connectivity index (χ3n) is 4.74. The van der Waals surface area contributed by atoms with Crippen molar-refractivity contribution in [3.05, 3.63) is 0 Å². The first kappa shape index (κ1) is 14.7. The smallest absolute Gasteiger partial charge is 0.323 e. The van der Waals surface area contributed by atoms with Gasteiger partial charge >= 0.3 is 5.97 Å². The summed E-state index contributed by atoms with van der Waals surface area (Å²) in [6.07, 6.45) is 2.39. The molecule has 1 saturated carbocycles. The summed E-state index contributed by atoms with van der Waals surface area (Å²) < 4.78 is 10.9. The molecular weight excluding hydrogens is 248 g/mol. The second-order valence-corrected chi connectivity index (χ2v) is 5.54. The Labute approximate surface area is 114 Å². The molecule has 1 heterocycles. The molecule has 1 saturated heterocycles. The second kappa shape index (κ2) is 5.75. The fourth-order valence-corrected chi connectivity index (χ4v) is 3.38. The maximum atomic E-state index is 11.4. The van der Waals surface area contributed by atoms with Crippen molar-refractivity contribution in [2.75, 3.05) is 34.4 Å². The van der Waals surface area contributed by atoms with E-state index in [4.69, 9.17) is 9.47 Å². The average Bonchev–Trinajstić information content (AvgIpc) is 3.02. The largest absolute Gasteiger partial charge is 0.480 e. The number of nitrogens with one attached hydrogen (secondary N) is 1. The van der Waals surface area contributed by atoms with Gasteiger partial charge in [0.05, 0.1) is 12.2 Å². The summed E-state index contributed by atoms with van der Waals surface area (Å²) in [6, 6.07) is 0.293. The molecule has 0 spiro atoms. The third-order valence-corrected chi connectivity index (χ3v) is 4.74. The lowest BCUT2D eigenvalue weighted by Crippen LogP contribution is -2.49. The highest BCUT2D eigenvalue weighted by atomic mass is 16.5. The molecule has 0 aromatic heterocycles. The highest BCUT2D eigenvalue weighted by Crippen LogP contribution is 2.35. The molecule has 110 valence electrons. The second-order valence-electron chi connectivity index (χ2n) is 5.54. The van der Waals surface area contributed by atoms with Crippen LogP contribution in [-0.4, -0.2) is 74.1 Å². The van der Waals surface area contributed by atoms with E-state index in [9.17, 15) is 9.90 Å². The van der Waals surface area contributed by atoms with Crippen molar-refractivity contribution in [2.24, 2.45) is 0 Å². The van der Waals surface area contributed by atoms with Crippen LogP contribution in [0.1, 0.15) is 19.3 Å². The van der Waals surface area contributed by atoms with E-state index in [2.05, 4.69) is 10.2 Å². The first-order valence-corrected chi connectivity index (χ1v) is 6.78. The van der Waals surface area contributed by atoms with Gasteiger partial charge in [0.2, 0.25) is 0 Å².